The molecule has 0 atom stereocenters. The summed E-state index contributed by atoms with van der Waals surface area (Å²) < 4.78 is 0. The smallest absolute Gasteiger partial charge is 0.0479 e. The van der Waals surface area contributed by atoms with Crippen LogP contribution in [-0.2, 0) is 12.8 Å². The van der Waals surface area contributed by atoms with Gasteiger partial charge in [0, 0.05) is 17.8 Å². The van der Waals surface area contributed by atoms with Crippen LogP contribution in [0.2, 0.25) is 0 Å². The summed E-state index contributed by atoms with van der Waals surface area (Å²) in [6.45, 7) is 8.99. The Morgan fingerprint density at radius 1 is 1.00 bits per heavy atom. The fourth-order valence-corrected chi connectivity index (χ4v) is 2.31. The van der Waals surface area contributed by atoms with Gasteiger partial charge in [-0.3, -0.25) is 4.98 Å². The molecule has 1 aliphatic rings. The van der Waals surface area contributed by atoms with Crippen LogP contribution in [0.4, 0.5) is 0 Å². The van der Waals surface area contributed by atoms with E-state index in [-0.39, 0.29) is 0 Å². The van der Waals surface area contributed by atoms with Gasteiger partial charge in [0.25, 0.3) is 0 Å². The largest absolute Gasteiger partial charge is 0.257 e. The molecule has 1 nitrogen and oxygen atoms in total. The van der Waals surface area contributed by atoms with Crippen molar-refractivity contribution < 1.29 is 0 Å². The Balaban J connectivity index is 2.52. The molecule has 0 unspecified atom stereocenters. The third-order valence-corrected chi connectivity index (χ3v) is 3.24. The Morgan fingerprint density at radius 2 is 1.69 bits per heavy atom. The first-order valence-corrected chi connectivity index (χ1v) is 6.27. The molecular formula is C15H21N. The highest BCUT2D eigenvalue weighted by Gasteiger charge is 2.16. The van der Waals surface area contributed by atoms with Crippen molar-refractivity contribution in [1.29, 1.82) is 0 Å². The van der Waals surface area contributed by atoms with Gasteiger partial charge in [0.2, 0.25) is 0 Å². The highest BCUT2D eigenvalue weighted by atomic mass is 14.7. The van der Waals surface area contributed by atoms with Crippen molar-refractivity contribution in [3.8, 4) is 0 Å². The minimum Gasteiger partial charge on any atom is -0.257 e. The van der Waals surface area contributed by atoms with Gasteiger partial charge in [0.15, 0.2) is 0 Å². The van der Waals surface area contributed by atoms with Crippen molar-refractivity contribution in [3.05, 3.63) is 40.7 Å². The lowest BCUT2D eigenvalue weighted by atomic mass is 9.90. The van der Waals surface area contributed by atoms with E-state index in [0.29, 0.717) is 11.8 Å². The zero-order chi connectivity index (χ0) is 11.7. The quantitative estimate of drug-likeness (QED) is 0.680. The van der Waals surface area contributed by atoms with Crippen LogP contribution >= 0.6 is 0 Å². The standard InChI is InChI=1S/C15H21N/c1-10(2)13-9-12-7-5-6-8-14(12)16-15(13)11(3)4/h5-6,9-11H,7-8H2,1-4H3. The molecule has 1 heteroatoms. The number of hydrogen-bond donors (Lipinski definition) is 0. The summed E-state index contributed by atoms with van der Waals surface area (Å²) >= 11 is 0. The lowest BCUT2D eigenvalue weighted by molar-refractivity contribution is 0.742. The molecule has 0 N–H and O–H groups in total. The minimum atomic E-state index is 0.522. The van der Waals surface area contributed by atoms with Gasteiger partial charge in [-0.15, -0.1) is 0 Å². The predicted octanol–water partition coefficient (Wildman–Crippen LogP) is 3.98. The average Bonchev–Trinajstić information content (AvgIpc) is 2.27. The van der Waals surface area contributed by atoms with Gasteiger partial charge in [0.05, 0.1) is 0 Å². The Kier molecular flexibility index (Phi) is 3.13. The van der Waals surface area contributed by atoms with Crippen molar-refractivity contribution in [2.45, 2.75) is 52.4 Å². The molecule has 0 radical (unpaired) electrons. The zero-order valence-corrected chi connectivity index (χ0v) is 10.7. The first kappa shape index (κ1) is 11.4. The molecule has 0 saturated heterocycles. The molecule has 86 valence electrons. The first-order valence-electron chi connectivity index (χ1n) is 6.27. The summed E-state index contributed by atoms with van der Waals surface area (Å²) in [7, 11) is 0. The normalized spacial score (nSPS) is 14.6. The lowest BCUT2D eigenvalue weighted by Gasteiger charge is -2.20. The number of nitrogens with zero attached hydrogens (tertiary/aromatic N) is 1. The Labute approximate surface area is 98.6 Å². The zero-order valence-electron chi connectivity index (χ0n) is 10.7. The maximum Gasteiger partial charge on any atom is 0.0479 e. The van der Waals surface area contributed by atoms with Crippen LogP contribution in [0.15, 0.2) is 18.2 Å². The highest BCUT2D eigenvalue weighted by Crippen LogP contribution is 2.28. The van der Waals surface area contributed by atoms with E-state index in [1.54, 1.807) is 0 Å². The maximum atomic E-state index is 4.88. The molecule has 1 aromatic rings. The van der Waals surface area contributed by atoms with E-state index in [2.05, 4.69) is 45.9 Å². The lowest BCUT2D eigenvalue weighted by Crippen LogP contribution is -2.09. The van der Waals surface area contributed by atoms with Crippen LogP contribution in [-0.4, -0.2) is 4.98 Å². The highest BCUT2D eigenvalue weighted by molar-refractivity contribution is 5.37. The van der Waals surface area contributed by atoms with Gasteiger partial charge in [0.1, 0.15) is 0 Å². The van der Waals surface area contributed by atoms with Crippen LogP contribution in [0.1, 0.15) is 62.0 Å². The monoisotopic (exact) mass is 215 g/mol. The molecule has 0 bridgehead atoms. The molecular weight excluding hydrogens is 194 g/mol. The van der Waals surface area contributed by atoms with Crippen molar-refractivity contribution in [2.75, 3.05) is 0 Å². The van der Waals surface area contributed by atoms with Gasteiger partial charge in [-0.25, -0.2) is 0 Å². The van der Waals surface area contributed by atoms with Crippen molar-refractivity contribution >= 4 is 0 Å². The maximum absolute atomic E-state index is 4.88. The fraction of sp³-hybridized carbons (Fsp3) is 0.533. The number of hydrogen-bond acceptors (Lipinski definition) is 1. The molecule has 0 aliphatic heterocycles. The number of rotatable bonds is 2. The summed E-state index contributed by atoms with van der Waals surface area (Å²) in [6, 6.07) is 2.38. The molecule has 2 rings (SSSR count). The topological polar surface area (TPSA) is 12.9 Å². The summed E-state index contributed by atoms with van der Waals surface area (Å²) in [5.74, 6) is 1.09. The van der Waals surface area contributed by atoms with Crippen molar-refractivity contribution in [2.24, 2.45) is 0 Å². The minimum absolute atomic E-state index is 0.522. The van der Waals surface area contributed by atoms with Gasteiger partial charge in [-0.2, -0.15) is 0 Å². The van der Waals surface area contributed by atoms with Crippen LogP contribution in [0, 0.1) is 0 Å². The van der Waals surface area contributed by atoms with Crippen molar-refractivity contribution in [3.63, 3.8) is 0 Å². The van der Waals surface area contributed by atoms with Crippen LogP contribution < -0.4 is 0 Å². The third-order valence-electron chi connectivity index (χ3n) is 3.24. The summed E-state index contributed by atoms with van der Waals surface area (Å²) in [5, 5.41) is 0. The van der Waals surface area contributed by atoms with Gasteiger partial charge < -0.3 is 0 Å². The predicted molar refractivity (Wildman–Crippen MR) is 69.0 cm³/mol. The van der Waals surface area contributed by atoms with E-state index in [1.165, 1.54) is 22.5 Å². The van der Waals surface area contributed by atoms with E-state index >= 15 is 0 Å². The van der Waals surface area contributed by atoms with Gasteiger partial charge in [-0.1, -0.05) is 45.9 Å². The molecule has 0 saturated carbocycles. The summed E-state index contributed by atoms with van der Waals surface area (Å²) in [6.07, 6.45) is 6.55. The number of aromatic nitrogens is 1. The SMILES string of the molecule is CC(C)c1cc2c(nc1C(C)C)CC=CC2. The second-order valence-electron chi connectivity index (χ2n) is 5.26. The Bertz CT molecular complexity index is 375. The number of allylic oxidation sites excluding steroid dienone is 2. The van der Waals surface area contributed by atoms with E-state index in [1.807, 2.05) is 0 Å². The Hall–Kier alpha value is -1.11. The average molecular weight is 215 g/mol. The van der Waals surface area contributed by atoms with E-state index in [0.717, 1.165) is 12.8 Å². The van der Waals surface area contributed by atoms with E-state index < -0.39 is 0 Å². The second-order valence-corrected chi connectivity index (χ2v) is 5.26. The Morgan fingerprint density at radius 3 is 2.31 bits per heavy atom. The summed E-state index contributed by atoms with van der Waals surface area (Å²) in [5.41, 5.74) is 5.44. The van der Waals surface area contributed by atoms with Crippen LogP contribution in [0.5, 0.6) is 0 Å². The first-order chi connectivity index (χ1) is 7.59. The second kappa shape index (κ2) is 4.40. The molecule has 16 heavy (non-hydrogen) atoms. The van der Waals surface area contributed by atoms with Gasteiger partial charge >= 0.3 is 0 Å². The fourth-order valence-electron chi connectivity index (χ4n) is 2.31. The molecule has 1 aliphatic carbocycles. The molecule has 1 heterocycles. The van der Waals surface area contributed by atoms with Crippen LogP contribution in [0.3, 0.4) is 0 Å². The number of fused-ring (bicyclic) bond motifs is 1. The van der Waals surface area contributed by atoms with Gasteiger partial charge in [-0.05, 0) is 29.4 Å². The number of pyridine rings is 1. The van der Waals surface area contributed by atoms with Crippen LogP contribution in [0.25, 0.3) is 0 Å². The molecule has 0 aromatic carbocycles. The third kappa shape index (κ3) is 2.04. The van der Waals surface area contributed by atoms with E-state index in [9.17, 15) is 0 Å². The van der Waals surface area contributed by atoms with Crippen molar-refractivity contribution in [1.82, 2.24) is 4.98 Å². The van der Waals surface area contributed by atoms with E-state index in [4.69, 9.17) is 4.98 Å². The molecule has 1 aromatic heterocycles. The molecule has 0 spiro atoms. The molecule has 0 fully saturated rings. The molecule has 0 amide bonds. The summed E-state index contributed by atoms with van der Waals surface area (Å²) in [4.78, 5) is 4.88.